The SMILES string of the molecule is CNC(=O)c1ccccc1Nc1cc(Nc2cc(OC)nn2C)ncc1C#N. The highest BCUT2D eigenvalue weighted by Gasteiger charge is 2.13. The van der Waals surface area contributed by atoms with Crippen LogP contribution in [0, 0.1) is 11.3 Å². The van der Waals surface area contributed by atoms with Gasteiger partial charge in [-0.25, -0.2) is 9.67 Å². The second-order valence-electron chi connectivity index (χ2n) is 5.80. The van der Waals surface area contributed by atoms with Gasteiger partial charge in [0.15, 0.2) is 0 Å². The van der Waals surface area contributed by atoms with Gasteiger partial charge in [0.05, 0.1) is 29.6 Å². The zero-order valence-electron chi connectivity index (χ0n) is 15.6. The number of para-hydroxylation sites is 1. The summed E-state index contributed by atoms with van der Waals surface area (Å²) >= 11 is 0. The standard InChI is InChI=1S/C19H19N7O2/c1-21-19(27)13-6-4-5-7-14(13)23-15-8-16(22-11-12(15)10-20)24-17-9-18(28-3)25-26(17)2/h4-9,11H,1-3H3,(H,21,27)(H2,22,23,24). The van der Waals surface area contributed by atoms with E-state index in [0.717, 1.165) is 0 Å². The largest absolute Gasteiger partial charge is 0.480 e. The summed E-state index contributed by atoms with van der Waals surface area (Å²) in [5, 5.41) is 22.5. The molecule has 9 heteroatoms. The zero-order chi connectivity index (χ0) is 20.1. The van der Waals surface area contributed by atoms with Crippen molar-refractivity contribution in [2.24, 2.45) is 7.05 Å². The lowest BCUT2D eigenvalue weighted by atomic mass is 10.1. The van der Waals surface area contributed by atoms with Crippen LogP contribution in [0.5, 0.6) is 5.88 Å². The van der Waals surface area contributed by atoms with Gasteiger partial charge in [-0.2, -0.15) is 5.26 Å². The molecule has 28 heavy (non-hydrogen) atoms. The van der Waals surface area contributed by atoms with E-state index in [9.17, 15) is 10.1 Å². The molecule has 0 radical (unpaired) electrons. The van der Waals surface area contributed by atoms with Crippen LogP contribution in [0.25, 0.3) is 0 Å². The number of aryl methyl sites for hydroxylation is 1. The van der Waals surface area contributed by atoms with E-state index in [1.807, 2.05) is 6.07 Å². The van der Waals surface area contributed by atoms with Crippen molar-refractivity contribution < 1.29 is 9.53 Å². The molecule has 0 bridgehead atoms. The lowest BCUT2D eigenvalue weighted by molar-refractivity contribution is 0.0964. The number of ether oxygens (including phenoxy) is 1. The molecule has 142 valence electrons. The number of aromatic nitrogens is 3. The summed E-state index contributed by atoms with van der Waals surface area (Å²) in [6, 6.07) is 12.6. The molecule has 3 N–H and O–H groups in total. The molecule has 3 aromatic rings. The quantitative estimate of drug-likeness (QED) is 0.604. The van der Waals surface area contributed by atoms with Crippen LogP contribution in [0.15, 0.2) is 42.6 Å². The third kappa shape index (κ3) is 3.86. The molecule has 0 aliphatic heterocycles. The number of pyridine rings is 1. The lowest BCUT2D eigenvalue weighted by Gasteiger charge is -2.13. The summed E-state index contributed by atoms with van der Waals surface area (Å²) < 4.78 is 6.73. The number of hydrogen-bond acceptors (Lipinski definition) is 7. The molecule has 0 aliphatic rings. The Morgan fingerprint density at radius 2 is 2.00 bits per heavy atom. The van der Waals surface area contributed by atoms with Gasteiger partial charge in [0.1, 0.15) is 17.7 Å². The van der Waals surface area contributed by atoms with Gasteiger partial charge in [-0.1, -0.05) is 12.1 Å². The van der Waals surface area contributed by atoms with Crippen molar-refractivity contribution in [2.45, 2.75) is 0 Å². The summed E-state index contributed by atoms with van der Waals surface area (Å²) in [6.45, 7) is 0. The fourth-order valence-electron chi connectivity index (χ4n) is 2.58. The Kier molecular flexibility index (Phi) is 5.41. The number of methoxy groups -OCH3 is 1. The number of hydrogen-bond donors (Lipinski definition) is 3. The zero-order valence-corrected chi connectivity index (χ0v) is 15.6. The van der Waals surface area contributed by atoms with E-state index in [4.69, 9.17) is 4.74 Å². The Balaban J connectivity index is 1.93. The fourth-order valence-corrected chi connectivity index (χ4v) is 2.58. The minimum absolute atomic E-state index is 0.226. The van der Waals surface area contributed by atoms with Crippen LogP contribution >= 0.6 is 0 Å². The number of nitrogens with zero attached hydrogens (tertiary/aromatic N) is 4. The first-order valence-electron chi connectivity index (χ1n) is 8.39. The van der Waals surface area contributed by atoms with Crippen molar-refractivity contribution in [3.05, 3.63) is 53.7 Å². The third-order valence-electron chi connectivity index (χ3n) is 4.02. The lowest BCUT2D eigenvalue weighted by Crippen LogP contribution is -2.19. The normalized spacial score (nSPS) is 10.1. The van der Waals surface area contributed by atoms with Crippen molar-refractivity contribution >= 4 is 28.9 Å². The monoisotopic (exact) mass is 377 g/mol. The van der Waals surface area contributed by atoms with Crippen molar-refractivity contribution in [3.8, 4) is 11.9 Å². The first-order chi connectivity index (χ1) is 13.5. The van der Waals surface area contributed by atoms with E-state index in [0.29, 0.717) is 40.0 Å². The molecule has 0 saturated heterocycles. The second-order valence-corrected chi connectivity index (χ2v) is 5.80. The van der Waals surface area contributed by atoms with Gasteiger partial charge in [0, 0.05) is 32.4 Å². The summed E-state index contributed by atoms with van der Waals surface area (Å²) in [5.74, 6) is 1.42. The molecule has 0 aliphatic carbocycles. The second kappa shape index (κ2) is 8.09. The van der Waals surface area contributed by atoms with E-state index in [1.54, 1.807) is 49.1 Å². The van der Waals surface area contributed by atoms with Crippen molar-refractivity contribution in [3.63, 3.8) is 0 Å². The minimum atomic E-state index is -0.226. The summed E-state index contributed by atoms with van der Waals surface area (Å²) in [6.07, 6.45) is 1.46. The Labute approximate surface area is 162 Å². The van der Waals surface area contributed by atoms with Gasteiger partial charge < -0.3 is 20.7 Å². The van der Waals surface area contributed by atoms with Crippen molar-refractivity contribution in [1.29, 1.82) is 5.26 Å². The van der Waals surface area contributed by atoms with Crippen molar-refractivity contribution in [2.75, 3.05) is 24.8 Å². The molecule has 0 fully saturated rings. The summed E-state index contributed by atoms with van der Waals surface area (Å²) in [7, 11) is 4.88. The van der Waals surface area contributed by atoms with Gasteiger partial charge in [0.2, 0.25) is 5.88 Å². The predicted molar refractivity (Wildman–Crippen MR) is 105 cm³/mol. The Morgan fingerprint density at radius 1 is 1.21 bits per heavy atom. The average molecular weight is 377 g/mol. The highest BCUT2D eigenvalue weighted by atomic mass is 16.5. The first-order valence-corrected chi connectivity index (χ1v) is 8.39. The van der Waals surface area contributed by atoms with Gasteiger partial charge >= 0.3 is 0 Å². The van der Waals surface area contributed by atoms with E-state index in [1.165, 1.54) is 13.3 Å². The van der Waals surface area contributed by atoms with Crippen LogP contribution in [0.1, 0.15) is 15.9 Å². The molecular weight excluding hydrogens is 358 g/mol. The van der Waals surface area contributed by atoms with Gasteiger partial charge in [-0.15, -0.1) is 5.10 Å². The number of carbonyl (C=O) groups is 1. The topological polar surface area (TPSA) is 117 Å². The third-order valence-corrected chi connectivity index (χ3v) is 4.02. The highest BCUT2D eigenvalue weighted by Crippen LogP contribution is 2.27. The molecule has 9 nitrogen and oxygen atoms in total. The predicted octanol–water partition coefficient (Wildman–Crippen LogP) is 2.54. The number of benzene rings is 1. The number of amides is 1. The van der Waals surface area contributed by atoms with Crippen LogP contribution in [-0.2, 0) is 7.05 Å². The van der Waals surface area contributed by atoms with Crippen LogP contribution in [0.2, 0.25) is 0 Å². The van der Waals surface area contributed by atoms with E-state index in [-0.39, 0.29) is 5.91 Å². The Bertz CT molecular complexity index is 1050. The maximum Gasteiger partial charge on any atom is 0.253 e. The van der Waals surface area contributed by atoms with E-state index < -0.39 is 0 Å². The molecule has 1 aromatic carbocycles. The first kappa shape index (κ1) is 18.7. The molecule has 0 unspecified atom stereocenters. The molecule has 0 atom stereocenters. The number of rotatable bonds is 6. The summed E-state index contributed by atoms with van der Waals surface area (Å²) in [5.41, 5.74) is 1.92. The highest BCUT2D eigenvalue weighted by molar-refractivity contribution is 6.00. The molecule has 0 saturated carbocycles. The van der Waals surface area contributed by atoms with E-state index >= 15 is 0 Å². The maximum absolute atomic E-state index is 12.1. The number of carbonyl (C=O) groups excluding carboxylic acids is 1. The van der Waals surface area contributed by atoms with Crippen LogP contribution in [-0.4, -0.2) is 34.8 Å². The van der Waals surface area contributed by atoms with Gasteiger partial charge in [-0.05, 0) is 12.1 Å². The fraction of sp³-hybridized carbons (Fsp3) is 0.158. The van der Waals surface area contributed by atoms with Crippen molar-refractivity contribution in [1.82, 2.24) is 20.1 Å². The maximum atomic E-state index is 12.1. The number of nitriles is 1. The average Bonchev–Trinajstić information content (AvgIpc) is 3.07. The molecule has 0 spiro atoms. The molecular formula is C19H19N7O2. The molecule has 1 amide bonds. The van der Waals surface area contributed by atoms with Gasteiger partial charge in [0.25, 0.3) is 5.91 Å². The van der Waals surface area contributed by atoms with Gasteiger partial charge in [-0.3, -0.25) is 4.79 Å². The Morgan fingerprint density at radius 3 is 2.68 bits per heavy atom. The Hall–Kier alpha value is -4.06. The molecule has 2 heterocycles. The van der Waals surface area contributed by atoms with Crippen LogP contribution in [0.3, 0.4) is 0 Å². The number of anilines is 4. The van der Waals surface area contributed by atoms with Crippen LogP contribution in [0.4, 0.5) is 23.0 Å². The number of nitrogens with one attached hydrogen (secondary N) is 3. The van der Waals surface area contributed by atoms with Crippen LogP contribution < -0.4 is 20.7 Å². The smallest absolute Gasteiger partial charge is 0.253 e. The molecule has 2 aromatic heterocycles. The summed E-state index contributed by atoms with van der Waals surface area (Å²) in [4.78, 5) is 16.4. The van der Waals surface area contributed by atoms with E-state index in [2.05, 4.69) is 32.1 Å². The molecule has 3 rings (SSSR count). The minimum Gasteiger partial charge on any atom is -0.480 e.